The molecule has 0 aliphatic heterocycles. The van der Waals surface area contributed by atoms with Gasteiger partial charge in [-0.15, -0.1) is 0 Å². The first-order chi connectivity index (χ1) is 35.0. The molecule has 0 aromatic rings. The Balaban J connectivity index is 4.38. The fraction of sp³-hybridized carbons (Fsp3) is 0.800. The molecular formula is C65H116O6. The molecule has 0 amide bonds. The number of hydrogen-bond donors (Lipinski definition) is 0. The van der Waals surface area contributed by atoms with Crippen LogP contribution in [0.25, 0.3) is 0 Å². The van der Waals surface area contributed by atoms with E-state index in [0.29, 0.717) is 19.3 Å². The second-order valence-corrected chi connectivity index (χ2v) is 20.6. The third kappa shape index (κ3) is 57.9. The smallest absolute Gasteiger partial charge is 0.306 e. The van der Waals surface area contributed by atoms with E-state index in [1.807, 2.05) is 0 Å². The predicted octanol–water partition coefficient (Wildman–Crippen LogP) is 20.8. The number of carbonyl (C=O) groups is 3. The van der Waals surface area contributed by atoms with E-state index in [1.165, 1.54) is 180 Å². The van der Waals surface area contributed by atoms with Crippen LogP contribution in [0.4, 0.5) is 0 Å². The normalized spacial score (nSPS) is 12.4. The van der Waals surface area contributed by atoms with Gasteiger partial charge in [0.25, 0.3) is 0 Å². The predicted molar refractivity (Wildman–Crippen MR) is 307 cm³/mol. The van der Waals surface area contributed by atoms with E-state index in [2.05, 4.69) is 81.5 Å². The molecule has 6 nitrogen and oxygen atoms in total. The lowest BCUT2D eigenvalue weighted by Gasteiger charge is -2.18. The average Bonchev–Trinajstić information content (AvgIpc) is 3.37. The van der Waals surface area contributed by atoms with Gasteiger partial charge < -0.3 is 14.2 Å². The van der Waals surface area contributed by atoms with E-state index in [0.717, 1.165) is 96.3 Å². The van der Waals surface area contributed by atoms with Crippen LogP contribution in [0.3, 0.4) is 0 Å². The van der Waals surface area contributed by atoms with E-state index >= 15 is 0 Å². The molecule has 0 bridgehead atoms. The van der Waals surface area contributed by atoms with Crippen molar-refractivity contribution in [3.05, 3.63) is 60.8 Å². The van der Waals surface area contributed by atoms with Crippen molar-refractivity contribution in [2.75, 3.05) is 13.2 Å². The van der Waals surface area contributed by atoms with Crippen molar-refractivity contribution in [3.8, 4) is 0 Å². The topological polar surface area (TPSA) is 78.9 Å². The first kappa shape index (κ1) is 68.1. The van der Waals surface area contributed by atoms with Gasteiger partial charge in [-0.2, -0.15) is 0 Å². The lowest BCUT2D eigenvalue weighted by atomic mass is 10.0. The van der Waals surface area contributed by atoms with Gasteiger partial charge in [-0.05, 0) is 83.5 Å². The van der Waals surface area contributed by atoms with Crippen LogP contribution >= 0.6 is 0 Å². The third-order valence-corrected chi connectivity index (χ3v) is 13.5. The zero-order valence-electron chi connectivity index (χ0n) is 47.2. The van der Waals surface area contributed by atoms with Crippen LogP contribution in [-0.2, 0) is 28.6 Å². The second kappa shape index (κ2) is 59.7. The van der Waals surface area contributed by atoms with Gasteiger partial charge in [-0.1, -0.05) is 274 Å². The fourth-order valence-corrected chi connectivity index (χ4v) is 8.90. The minimum absolute atomic E-state index is 0.0803. The molecule has 0 aliphatic rings. The zero-order valence-corrected chi connectivity index (χ0v) is 47.2. The van der Waals surface area contributed by atoms with Crippen LogP contribution in [0.15, 0.2) is 60.8 Å². The minimum Gasteiger partial charge on any atom is -0.462 e. The summed E-state index contributed by atoms with van der Waals surface area (Å²) in [5.41, 5.74) is 0. The Kier molecular flexibility index (Phi) is 57.2. The molecular weight excluding hydrogens is 877 g/mol. The number of carbonyl (C=O) groups excluding carboxylic acids is 3. The summed E-state index contributed by atoms with van der Waals surface area (Å²) in [6.45, 7) is 6.55. The van der Waals surface area contributed by atoms with E-state index in [9.17, 15) is 14.4 Å². The van der Waals surface area contributed by atoms with Crippen molar-refractivity contribution in [2.24, 2.45) is 0 Å². The van der Waals surface area contributed by atoms with Gasteiger partial charge in [0.15, 0.2) is 6.10 Å². The minimum atomic E-state index is -0.782. The van der Waals surface area contributed by atoms with E-state index in [1.54, 1.807) is 0 Å². The molecule has 0 fully saturated rings. The first-order valence-corrected chi connectivity index (χ1v) is 30.8. The Labute approximate surface area is 440 Å². The quantitative estimate of drug-likeness (QED) is 0.0261. The van der Waals surface area contributed by atoms with E-state index < -0.39 is 6.10 Å². The molecule has 1 atom stereocenters. The molecule has 0 N–H and O–H groups in total. The van der Waals surface area contributed by atoms with Gasteiger partial charge in [0.1, 0.15) is 13.2 Å². The Bertz CT molecular complexity index is 1280. The molecule has 6 heteroatoms. The van der Waals surface area contributed by atoms with E-state index in [4.69, 9.17) is 14.2 Å². The highest BCUT2D eigenvalue weighted by atomic mass is 16.6. The molecule has 0 radical (unpaired) electrons. The van der Waals surface area contributed by atoms with Gasteiger partial charge in [-0.25, -0.2) is 0 Å². The van der Waals surface area contributed by atoms with Crippen molar-refractivity contribution >= 4 is 17.9 Å². The Morgan fingerprint density at radius 1 is 0.296 bits per heavy atom. The summed E-state index contributed by atoms with van der Waals surface area (Å²) in [6, 6.07) is 0. The fourth-order valence-electron chi connectivity index (χ4n) is 8.90. The maximum atomic E-state index is 12.9. The lowest BCUT2D eigenvalue weighted by Crippen LogP contribution is -2.30. The van der Waals surface area contributed by atoms with Crippen molar-refractivity contribution < 1.29 is 28.6 Å². The van der Waals surface area contributed by atoms with Crippen LogP contribution < -0.4 is 0 Å². The Morgan fingerprint density at radius 2 is 0.549 bits per heavy atom. The van der Waals surface area contributed by atoms with Crippen molar-refractivity contribution in [1.82, 2.24) is 0 Å². The summed E-state index contributed by atoms with van der Waals surface area (Å²) in [7, 11) is 0. The average molecular weight is 994 g/mol. The van der Waals surface area contributed by atoms with E-state index in [-0.39, 0.29) is 31.1 Å². The lowest BCUT2D eigenvalue weighted by molar-refractivity contribution is -0.167. The highest BCUT2D eigenvalue weighted by molar-refractivity contribution is 5.71. The molecule has 0 saturated carbocycles. The summed E-state index contributed by atoms with van der Waals surface area (Å²) in [5, 5.41) is 0. The van der Waals surface area contributed by atoms with Crippen LogP contribution in [0.2, 0.25) is 0 Å². The molecule has 0 aromatic heterocycles. The van der Waals surface area contributed by atoms with Gasteiger partial charge >= 0.3 is 17.9 Å². The van der Waals surface area contributed by atoms with Crippen LogP contribution in [-0.4, -0.2) is 37.2 Å². The van der Waals surface area contributed by atoms with Gasteiger partial charge in [-0.3, -0.25) is 14.4 Å². The highest BCUT2D eigenvalue weighted by Gasteiger charge is 2.19. The van der Waals surface area contributed by atoms with Crippen molar-refractivity contribution in [1.29, 1.82) is 0 Å². The molecule has 0 aliphatic carbocycles. The number of ether oxygens (including phenoxy) is 3. The van der Waals surface area contributed by atoms with Crippen molar-refractivity contribution in [3.63, 3.8) is 0 Å². The van der Waals surface area contributed by atoms with Crippen LogP contribution in [0.5, 0.6) is 0 Å². The molecule has 0 rings (SSSR count). The molecule has 0 spiro atoms. The number of allylic oxidation sites excluding steroid dienone is 10. The summed E-state index contributed by atoms with van der Waals surface area (Å²) in [6.07, 6.45) is 75.0. The number of hydrogen-bond acceptors (Lipinski definition) is 6. The third-order valence-electron chi connectivity index (χ3n) is 13.5. The van der Waals surface area contributed by atoms with Crippen LogP contribution in [0, 0.1) is 0 Å². The SMILES string of the molecule is CC/C=C\C/C=C\C/C=C\C/C=C\CCCCCCCCC(=O)OCC(COC(=O)CCCCCCC/C=C\CCCCCCCC)OC(=O)CCCCCCCCCCCCCCCCCCCCC. The van der Waals surface area contributed by atoms with Crippen molar-refractivity contribution in [2.45, 2.75) is 322 Å². The van der Waals surface area contributed by atoms with Crippen LogP contribution in [0.1, 0.15) is 316 Å². The van der Waals surface area contributed by atoms with Gasteiger partial charge in [0.2, 0.25) is 0 Å². The zero-order chi connectivity index (χ0) is 51.4. The summed E-state index contributed by atoms with van der Waals surface area (Å²) >= 11 is 0. The van der Waals surface area contributed by atoms with Gasteiger partial charge in [0, 0.05) is 19.3 Å². The standard InChI is InChI=1S/C65H116O6/c1-4-7-10-13-16-19-22-25-28-30-32-34-37-40-43-46-49-52-55-58-64(67)70-61-62(60-69-63(66)57-54-51-48-45-42-39-36-27-24-21-18-15-12-9-6-3)71-65(68)59-56-53-50-47-44-41-38-35-33-31-29-26-23-20-17-14-11-8-5-2/h7,10,16,19,25,27-28,32,34,36,62H,4-6,8-9,11-15,17-18,20-24,26,29-31,33,35,37-61H2,1-3H3/b10-7-,19-16-,28-25-,34-32-,36-27-. The first-order valence-electron chi connectivity index (χ1n) is 30.8. The summed E-state index contributed by atoms with van der Waals surface area (Å²) < 4.78 is 16.9. The number of unbranched alkanes of at least 4 members (excludes halogenated alkanes) is 35. The monoisotopic (exact) mass is 993 g/mol. The molecule has 71 heavy (non-hydrogen) atoms. The number of rotatable bonds is 56. The largest absolute Gasteiger partial charge is 0.462 e. The Morgan fingerprint density at radius 3 is 0.873 bits per heavy atom. The van der Waals surface area contributed by atoms with Gasteiger partial charge in [0.05, 0.1) is 0 Å². The molecule has 0 heterocycles. The maximum absolute atomic E-state index is 12.9. The highest BCUT2D eigenvalue weighted by Crippen LogP contribution is 2.17. The molecule has 0 aromatic carbocycles. The molecule has 412 valence electrons. The summed E-state index contributed by atoms with van der Waals surface area (Å²) in [4.78, 5) is 38.3. The number of esters is 3. The second-order valence-electron chi connectivity index (χ2n) is 20.6. The molecule has 1 unspecified atom stereocenters. The Hall–Kier alpha value is -2.89. The maximum Gasteiger partial charge on any atom is 0.306 e. The summed E-state index contributed by atoms with van der Waals surface area (Å²) in [5.74, 6) is -0.885. The molecule has 0 saturated heterocycles.